The van der Waals surface area contributed by atoms with Gasteiger partial charge in [-0.15, -0.1) is 11.3 Å². The molecule has 0 fully saturated rings. The summed E-state index contributed by atoms with van der Waals surface area (Å²) in [6.45, 7) is 1.85. The minimum absolute atomic E-state index is 0.311. The molecule has 0 bridgehead atoms. The van der Waals surface area contributed by atoms with E-state index in [-0.39, 0.29) is 5.91 Å². The molecule has 8 heteroatoms. The summed E-state index contributed by atoms with van der Waals surface area (Å²) in [7, 11) is 0. The molecule has 0 aromatic carbocycles. The monoisotopic (exact) mass is 345 g/mol. The molecule has 1 amide bonds. The first-order valence-corrected chi connectivity index (χ1v) is 7.88. The molecular weight excluding hydrogens is 334 g/mol. The number of anilines is 3. The minimum atomic E-state index is -0.317. The van der Waals surface area contributed by atoms with Crippen molar-refractivity contribution in [2.75, 3.05) is 10.6 Å². The lowest BCUT2D eigenvalue weighted by atomic mass is 10.3. The van der Waals surface area contributed by atoms with E-state index in [0.717, 1.165) is 10.7 Å². The summed E-state index contributed by atoms with van der Waals surface area (Å²) in [5, 5.41) is 7.69. The van der Waals surface area contributed by atoms with E-state index in [1.54, 1.807) is 24.5 Å². The van der Waals surface area contributed by atoms with E-state index in [2.05, 4.69) is 25.6 Å². The number of nitrogens with one attached hydrogen (secondary N) is 2. The van der Waals surface area contributed by atoms with Gasteiger partial charge in [-0.05, 0) is 31.2 Å². The average Bonchev–Trinajstić information content (AvgIpc) is 2.89. The Balaban J connectivity index is 1.83. The van der Waals surface area contributed by atoms with Gasteiger partial charge in [-0.2, -0.15) is 0 Å². The van der Waals surface area contributed by atoms with Crippen LogP contribution < -0.4 is 10.6 Å². The Morgan fingerprint density at radius 1 is 1.26 bits per heavy atom. The number of hydrogen-bond acceptors (Lipinski definition) is 6. The quantitative estimate of drug-likeness (QED) is 0.701. The van der Waals surface area contributed by atoms with Crippen molar-refractivity contribution in [2.45, 2.75) is 6.92 Å². The Hall–Kier alpha value is -2.51. The number of aromatic nitrogens is 3. The molecule has 23 heavy (non-hydrogen) atoms. The number of rotatable bonds is 4. The maximum atomic E-state index is 12.5. The van der Waals surface area contributed by atoms with Crippen molar-refractivity contribution in [2.24, 2.45) is 0 Å². The van der Waals surface area contributed by atoms with Crippen LogP contribution in [0, 0.1) is 6.92 Å². The van der Waals surface area contributed by atoms with Gasteiger partial charge >= 0.3 is 0 Å². The third-order valence-electron chi connectivity index (χ3n) is 2.85. The van der Waals surface area contributed by atoms with Gasteiger partial charge in [0.15, 0.2) is 5.69 Å². The standard InChI is InChI=1S/C15H12ClN5OS/c1-9-19-13(14(22)20-10-4-6-18-12(16)7-10)15(23-9)21-11-3-2-5-17-8-11/h2-8,21H,1H3,(H,18,20,22). The van der Waals surface area contributed by atoms with Gasteiger partial charge in [-0.25, -0.2) is 9.97 Å². The van der Waals surface area contributed by atoms with Crippen LogP contribution in [0.3, 0.4) is 0 Å². The molecule has 0 atom stereocenters. The number of amides is 1. The van der Waals surface area contributed by atoms with Gasteiger partial charge < -0.3 is 10.6 Å². The van der Waals surface area contributed by atoms with Crippen LogP contribution in [0.2, 0.25) is 5.15 Å². The number of carbonyl (C=O) groups is 1. The number of thiazole rings is 1. The predicted molar refractivity (Wildman–Crippen MR) is 91.6 cm³/mol. The number of pyridine rings is 2. The molecule has 0 unspecified atom stereocenters. The lowest BCUT2D eigenvalue weighted by Crippen LogP contribution is -2.14. The summed E-state index contributed by atoms with van der Waals surface area (Å²) in [4.78, 5) is 24.7. The first-order chi connectivity index (χ1) is 11.1. The summed E-state index contributed by atoms with van der Waals surface area (Å²) in [5.41, 5.74) is 1.68. The van der Waals surface area contributed by atoms with E-state index < -0.39 is 0 Å². The van der Waals surface area contributed by atoms with Crippen LogP contribution in [0.5, 0.6) is 0 Å². The predicted octanol–water partition coefficient (Wildman–Crippen LogP) is 3.89. The Kier molecular flexibility index (Phi) is 4.50. The molecule has 0 aliphatic carbocycles. The van der Waals surface area contributed by atoms with Crippen molar-refractivity contribution in [1.29, 1.82) is 0 Å². The Labute approximate surface area is 141 Å². The lowest BCUT2D eigenvalue weighted by molar-refractivity contribution is 0.102. The highest BCUT2D eigenvalue weighted by molar-refractivity contribution is 7.16. The third kappa shape index (κ3) is 3.82. The van der Waals surface area contributed by atoms with Crippen molar-refractivity contribution < 1.29 is 4.79 Å². The van der Waals surface area contributed by atoms with Crippen LogP contribution in [0.25, 0.3) is 0 Å². The van der Waals surface area contributed by atoms with Crippen LogP contribution in [0.1, 0.15) is 15.5 Å². The zero-order valence-electron chi connectivity index (χ0n) is 12.1. The molecule has 116 valence electrons. The topological polar surface area (TPSA) is 79.8 Å². The van der Waals surface area contributed by atoms with Gasteiger partial charge in [0.25, 0.3) is 5.91 Å². The molecular formula is C15H12ClN5OS. The van der Waals surface area contributed by atoms with Crippen molar-refractivity contribution in [1.82, 2.24) is 15.0 Å². The molecule has 6 nitrogen and oxygen atoms in total. The van der Waals surface area contributed by atoms with Crippen LogP contribution >= 0.6 is 22.9 Å². The fourth-order valence-electron chi connectivity index (χ4n) is 1.90. The van der Waals surface area contributed by atoms with Crippen LogP contribution in [0.4, 0.5) is 16.4 Å². The zero-order chi connectivity index (χ0) is 16.2. The molecule has 0 aliphatic heterocycles. The van der Waals surface area contributed by atoms with Gasteiger partial charge in [0.2, 0.25) is 0 Å². The van der Waals surface area contributed by atoms with Gasteiger partial charge in [-0.1, -0.05) is 11.6 Å². The molecule has 3 aromatic heterocycles. The molecule has 0 spiro atoms. The normalized spacial score (nSPS) is 10.3. The SMILES string of the molecule is Cc1nc(C(=O)Nc2ccnc(Cl)c2)c(Nc2cccnc2)s1. The fourth-order valence-corrected chi connectivity index (χ4v) is 2.91. The zero-order valence-corrected chi connectivity index (χ0v) is 13.6. The van der Waals surface area contributed by atoms with E-state index >= 15 is 0 Å². The van der Waals surface area contributed by atoms with E-state index in [0.29, 0.717) is 21.5 Å². The summed E-state index contributed by atoms with van der Waals surface area (Å²) in [6.07, 6.45) is 4.89. The summed E-state index contributed by atoms with van der Waals surface area (Å²) >= 11 is 7.22. The van der Waals surface area contributed by atoms with E-state index in [1.807, 2.05) is 19.1 Å². The lowest BCUT2D eigenvalue weighted by Gasteiger charge is -2.07. The average molecular weight is 346 g/mol. The maximum absolute atomic E-state index is 12.5. The molecule has 3 heterocycles. The highest BCUT2D eigenvalue weighted by Gasteiger charge is 2.17. The smallest absolute Gasteiger partial charge is 0.277 e. The number of carbonyl (C=O) groups excluding carboxylic acids is 1. The van der Waals surface area contributed by atoms with Gasteiger partial charge in [0.1, 0.15) is 10.2 Å². The van der Waals surface area contributed by atoms with Crippen molar-refractivity contribution in [3.8, 4) is 0 Å². The van der Waals surface area contributed by atoms with Crippen molar-refractivity contribution in [3.63, 3.8) is 0 Å². The Morgan fingerprint density at radius 3 is 2.87 bits per heavy atom. The third-order valence-corrected chi connectivity index (χ3v) is 3.95. The first-order valence-electron chi connectivity index (χ1n) is 6.69. The molecule has 3 rings (SSSR count). The second kappa shape index (κ2) is 6.72. The van der Waals surface area contributed by atoms with Crippen molar-refractivity contribution >= 4 is 45.2 Å². The number of nitrogens with zero attached hydrogens (tertiary/aromatic N) is 3. The minimum Gasteiger partial charge on any atom is -0.344 e. The maximum Gasteiger partial charge on any atom is 0.277 e. The number of aryl methyl sites for hydroxylation is 1. The number of halogens is 1. The highest BCUT2D eigenvalue weighted by Crippen LogP contribution is 2.28. The molecule has 2 N–H and O–H groups in total. The van der Waals surface area contributed by atoms with Crippen LogP contribution in [0.15, 0.2) is 42.9 Å². The first kappa shape index (κ1) is 15.4. The van der Waals surface area contributed by atoms with Crippen LogP contribution in [-0.4, -0.2) is 20.9 Å². The summed E-state index contributed by atoms with van der Waals surface area (Å²) < 4.78 is 0. The Bertz CT molecular complexity index is 837. The molecule has 0 saturated carbocycles. The summed E-state index contributed by atoms with van der Waals surface area (Å²) in [6, 6.07) is 6.92. The summed E-state index contributed by atoms with van der Waals surface area (Å²) in [5.74, 6) is -0.317. The molecule has 3 aromatic rings. The van der Waals surface area contributed by atoms with Gasteiger partial charge in [0, 0.05) is 18.1 Å². The fraction of sp³-hybridized carbons (Fsp3) is 0.0667. The van der Waals surface area contributed by atoms with E-state index in [9.17, 15) is 4.79 Å². The molecule has 0 aliphatic rings. The van der Waals surface area contributed by atoms with E-state index in [1.165, 1.54) is 17.5 Å². The van der Waals surface area contributed by atoms with Crippen molar-refractivity contribution in [3.05, 3.63) is 58.7 Å². The van der Waals surface area contributed by atoms with E-state index in [4.69, 9.17) is 11.6 Å². The second-order valence-corrected chi connectivity index (χ2v) is 6.19. The Morgan fingerprint density at radius 2 is 2.13 bits per heavy atom. The molecule has 0 radical (unpaired) electrons. The largest absolute Gasteiger partial charge is 0.344 e. The second-order valence-electron chi connectivity index (χ2n) is 4.60. The molecule has 0 saturated heterocycles. The van der Waals surface area contributed by atoms with Gasteiger partial charge in [0.05, 0.1) is 16.9 Å². The van der Waals surface area contributed by atoms with Gasteiger partial charge in [-0.3, -0.25) is 9.78 Å². The van der Waals surface area contributed by atoms with Crippen LogP contribution in [-0.2, 0) is 0 Å². The number of hydrogen-bond donors (Lipinski definition) is 2. The highest BCUT2D eigenvalue weighted by atomic mass is 35.5.